The molecule has 184 valence electrons. The van der Waals surface area contributed by atoms with Crippen molar-refractivity contribution < 1.29 is 14.7 Å². The van der Waals surface area contributed by atoms with Gasteiger partial charge in [0.05, 0.1) is 27.5 Å². The number of rotatable bonds is 3. The van der Waals surface area contributed by atoms with Gasteiger partial charge < -0.3 is 9.51 Å². The molecule has 9 heteroatoms. The number of thiazole rings is 1. The molecule has 1 aromatic carbocycles. The first-order chi connectivity index (χ1) is 17.8. The molecule has 1 unspecified atom stereocenters. The number of aliphatic hydroxyl groups excluding tert-OH is 1. The molecule has 5 heterocycles. The Morgan fingerprint density at radius 1 is 1.03 bits per heavy atom. The fourth-order valence-corrected chi connectivity index (χ4v) is 6.19. The number of fused-ring (bicyclic) bond motifs is 2. The van der Waals surface area contributed by atoms with Crippen LogP contribution in [0.1, 0.15) is 39.7 Å². The summed E-state index contributed by atoms with van der Waals surface area (Å²) in [6.45, 7) is 7.73. The number of nitrogens with zero attached hydrogens (tertiary/aromatic N) is 5. The Kier molecular flexibility index (Phi) is 5.20. The summed E-state index contributed by atoms with van der Waals surface area (Å²) in [5, 5.41) is 12.0. The number of carbonyl (C=O) groups is 2. The van der Waals surface area contributed by atoms with E-state index in [2.05, 4.69) is 9.97 Å². The lowest BCUT2D eigenvalue weighted by Gasteiger charge is -2.22. The van der Waals surface area contributed by atoms with Crippen molar-refractivity contribution in [3.8, 4) is 0 Å². The maximum atomic E-state index is 13.5. The monoisotopic (exact) mass is 509 g/mol. The van der Waals surface area contributed by atoms with Crippen LogP contribution in [0.15, 0.2) is 60.6 Å². The van der Waals surface area contributed by atoms with Crippen LogP contribution >= 0.6 is 11.3 Å². The van der Waals surface area contributed by atoms with Gasteiger partial charge in [-0.25, -0.2) is 9.97 Å². The molecule has 1 aliphatic rings. The molecule has 8 nitrogen and oxygen atoms in total. The number of carbonyl (C=O) groups excluding carboxylic acids is 2. The summed E-state index contributed by atoms with van der Waals surface area (Å²) in [4.78, 5) is 42.0. The van der Waals surface area contributed by atoms with E-state index in [9.17, 15) is 14.7 Å². The molecule has 0 saturated carbocycles. The number of amides is 1. The van der Waals surface area contributed by atoms with Gasteiger partial charge in [0, 0.05) is 18.6 Å². The van der Waals surface area contributed by atoms with Crippen LogP contribution in [0.3, 0.4) is 0 Å². The maximum absolute atomic E-state index is 13.5. The zero-order chi connectivity index (χ0) is 26.0. The fraction of sp³-hybridized carbons (Fsp3) is 0.179. The van der Waals surface area contributed by atoms with Crippen LogP contribution in [0.4, 0.5) is 5.13 Å². The molecule has 0 bridgehead atoms. The SMILES string of the molecule is Cc1cc(C)c2nc(N3C(=O)C(=O)C(=C(O)c4nc5c(C)cccn5c4C)C3c3cccnc3)sc2c1. The number of Topliss-reactive ketones (excluding diaryl/α,β-unsaturated/α-hetero) is 1. The summed E-state index contributed by atoms with van der Waals surface area (Å²) in [6.07, 6.45) is 5.07. The summed E-state index contributed by atoms with van der Waals surface area (Å²) < 4.78 is 2.78. The van der Waals surface area contributed by atoms with Gasteiger partial charge in [-0.15, -0.1) is 0 Å². The highest BCUT2D eigenvalue weighted by molar-refractivity contribution is 7.22. The van der Waals surface area contributed by atoms with Crippen molar-refractivity contribution in [3.05, 3.63) is 94.2 Å². The molecule has 1 saturated heterocycles. The summed E-state index contributed by atoms with van der Waals surface area (Å²) >= 11 is 1.34. The molecule has 4 aromatic heterocycles. The number of anilines is 1. The Morgan fingerprint density at radius 3 is 2.57 bits per heavy atom. The van der Waals surface area contributed by atoms with Crippen LogP contribution < -0.4 is 4.90 Å². The van der Waals surface area contributed by atoms with E-state index >= 15 is 0 Å². The number of hydrogen-bond acceptors (Lipinski definition) is 7. The number of aromatic nitrogens is 4. The van der Waals surface area contributed by atoms with Crippen molar-refractivity contribution >= 4 is 49.8 Å². The van der Waals surface area contributed by atoms with E-state index in [4.69, 9.17) is 4.98 Å². The predicted molar refractivity (Wildman–Crippen MR) is 143 cm³/mol. The zero-order valence-electron chi connectivity index (χ0n) is 20.7. The summed E-state index contributed by atoms with van der Waals surface area (Å²) in [7, 11) is 0. The number of aryl methyl sites for hydroxylation is 4. The highest BCUT2D eigenvalue weighted by Gasteiger charge is 2.48. The minimum Gasteiger partial charge on any atom is -0.505 e. The third-order valence-electron chi connectivity index (χ3n) is 6.78. The minimum absolute atomic E-state index is 0.0330. The second-order valence-corrected chi connectivity index (χ2v) is 10.3. The van der Waals surface area contributed by atoms with E-state index < -0.39 is 17.7 Å². The number of benzene rings is 1. The van der Waals surface area contributed by atoms with Gasteiger partial charge in [0.15, 0.2) is 10.9 Å². The van der Waals surface area contributed by atoms with Crippen molar-refractivity contribution in [1.29, 1.82) is 0 Å². The Bertz CT molecular complexity index is 1780. The van der Waals surface area contributed by atoms with Gasteiger partial charge in [-0.3, -0.25) is 19.5 Å². The summed E-state index contributed by atoms with van der Waals surface area (Å²) in [5.41, 5.74) is 5.94. The topological polar surface area (TPSA) is 101 Å². The van der Waals surface area contributed by atoms with Crippen molar-refractivity contribution in [2.45, 2.75) is 33.7 Å². The van der Waals surface area contributed by atoms with E-state index in [1.807, 2.05) is 62.6 Å². The van der Waals surface area contributed by atoms with Crippen LogP contribution in [0, 0.1) is 27.7 Å². The number of ketones is 1. The van der Waals surface area contributed by atoms with E-state index in [1.165, 1.54) is 16.2 Å². The second-order valence-electron chi connectivity index (χ2n) is 9.31. The summed E-state index contributed by atoms with van der Waals surface area (Å²) in [6, 6.07) is 10.5. The molecule has 0 spiro atoms. The molecule has 0 aliphatic carbocycles. The molecule has 1 amide bonds. The van der Waals surface area contributed by atoms with Crippen LogP contribution in [-0.4, -0.2) is 36.1 Å². The first-order valence-corrected chi connectivity index (χ1v) is 12.6. The molecular formula is C28H23N5O3S. The van der Waals surface area contributed by atoms with Crippen LogP contribution in [0.25, 0.3) is 21.6 Å². The standard InChI is InChI=1S/C28H23N5O3S/c1-14-11-16(3)21-19(12-14)37-28(31-21)33-23(18-8-5-9-29-13-18)20(25(35)27(33)36)24(34)22-17(4)32-10-6-7-15(2)26(32)30-22/h5-13,23,34H,1-4H3. The molecule has 0 radical (unpaired) electrons. The van der Waals surface area contributed by atoms with Crippen LogP contribution in [0.5, 0.6) is 0 Å². The van der Waals surface area contributed by atoms with Gasteiger partial charge in [0.1, 0.15) is 11.3 Å². The molecule has 37 heavy (non-hydrogen) atoms. The first-order valence-electron chi connectivity index (χ1n) is 11.8. The van der Waals surface area contributed by atoms with Gasteiger partial charge in [-0.2, -0.15) is 0 Å². The lowest BCUT2D eigenvalue weighted by Crippen LogP contribution is -2.29. The largest absolute Gasteiger partial charge is 0.505 e. The van der Waals surface area contributed by atoms with Gasteiger partial charge in [0.25, 0.3) is 5.78 Å². The van der Waals surface area contributed by atoms with Crippen molar-refractivity contribution in [3.63, 3.8) is 0 Å². The van der Waals surface area contributed by atoms with E-state index in [0.29, 0.717) is 22.0 Å². The maximum Gasteiger partial charge on any atom is 0.301 e. The van der Waals surface area contributed by atoms with E-state index in [-0.39, 0.29) is 17.0 Å². The van der Waals surface area contributed by atoms with Crippen molar-refractivity contribution in [2.24, 2.45) is 0 Å². The molecule has 1 fully saturated rings. The van der Waals surface area contributed by atoms with Crippen LogP contribution in [-0.2, 0) is 9.59 Å². The number of imidazole rings is 1. The Labute approximate surface area is 216 Å². The van der Waals surface area contributed by atoms with Gasteiger partial charge >= 0.3 is 5.91 Å². The lowest BCUT2D eigenvalue weighted by atomic mass is 9.97. The van der Waals surface area contributed by atoms with Gasteiger partial charge in [0.2, 0.25) is 0 Å². The van der Waals surface area contributed by atoms with E-state index in [0.717, 1.165) is 26.9 Å². The predicted octanol–water partition coefficient (Wildman–Crippen LogP) is 5.20. The number of aliphatic hydroxyl groups is 1. The minimum atomic E-state index is -0.902. The Morgan fingerprint density at radius 2 is 1.84 bits per heavy atom. The molecule has 5 aromatic rings. The zero-order valence-corrected chi connectivity index (χ0v) is 21.5. The third-order valence-corrected chi connectivity index (χ3v) is 7.78. The van der Waals surface area contributed by atoms with Crippen LogP contribution in [0.2, 0.25) is 0 Å². The molecular weight excluding hydrogens is 486 g/mol. The van der Waals surface area contributed by atoms with Gasteiger partial charge in [-0.05, 0) is 68.1 Å². The lowest BCUT2D eigenvalue weighted by molar-refractivity contribution is -0.132. The normalized spacial score (nSPS) is 17.4. The van der Waals surface area contributed by atoms with Gasteiger partial charge in [-0.1, -0.05) is 29.5 Å². The Hall–Kier alpha value is -4.37. The highest BCUT2D eigenvalue weighted by Crippen LogP contribution is 2.44. The van der Waals surface area contributed by atoms with Crippen molar-refractivity contribution in [1.82, 2.24) is 19.4 Å². The third kappa shape index (κ3) is 3.46. The average molecular weight is 510 g/mol. The first kappa shape index (κ1) is 23.1. The van der Waals surface area contributed by atoms with E-state index in [1.54, 1.807) is 24.5 Å². The average Bonchev–Trinajstić information content (AvgIpc) is 3.53. The number of hydrogen-bond donors (Lipinski definition) is 1. The molecule has 6 rings (SSSR count). The molecule has 1 aliphatic heterocycles. The summed E-state index contributed by atoms with van der Waals surface area (Å²) in [5.74, 6) is -1.85. The van der Waals surface area contributed by atoms with Crippen molar-refractivity contribution in [2.75, 3.05) is 4.90 Å². The quantitative estimate of drug-likeness (QED) is 0.204. The molecule has 1 atom stereocenters. The highest BCUT2D eigenvalue weighted by atomic mass is 32.1. The number of pyridine rings is 2. The Balaban J connectivity index is 1.60. The fourth-order valence-electron chi connectivity index (χ4n) is 5.02. The molecule has 1 N–H and O–H groups in total. The second kappa shape index (κ2) is 8.35. The smallest absolute Gasteiger partial charge is 0.301 e.